The van der Waals surface area contributed by atoms with E-state index in [1.54, 1.807) is 7.11 Å². The van der Waals surface area contributed by atoms with Gasteiger partial charge >= 0.3 is 0 Å². The molecule has 0 aliphatic heterocycles. The van der Waals surface area contributed by atoms with Crippen molar-refractivity contribution < 1.29 is 4.74 Å². The van der Waals surface area contributed by atoms with Gasteiger partial charge in [-0.1, -0.05) is 25.1 Å². The van der Waals surface area contributed by atoms with Gasteiger partial charge in [-0.05, 0) is 61.4 Å². The maximum absolute atomic E-state index is 5.35. The van der Waals surface area contributed by atoms with E-state index in [0.29, 0.717) is 6.04 Å². The first kappa shape index (κ1) is 16.1. The van der Waals surface area contributed by atoms with Crippen LogP contribution in [0.25, 0.3) is 0 Å². The molecule has 2 rings (SSSR count). The molecule has 0 radical (unpaired) electrons. The number of nitrogens with one attached hydrogen (secondary N) is 1. The van der Waals surface area contributed by atoms with Gasteiger partial charge in [0.25, 0.3) is 0 Å². The van der Waals surface area contributed by atoms with Crippen molar-refractivity contribution in [3.8, 4) is 5.75 Å². The summed E-state index contributed by atoms with van der Waals surface area (Å²) in [6.07, 6.45) is 4.70. The van der Waals surface area contributed by atoms with Crippen molar-refractivity contribution in [3.05, 3.63) is 52.2 Å². The molecule has 0 aliphatic rings. The van der Waals surface area contributed by atoms with Gasteiger partial charge in [-0.15, -0.1) is 11.3 Å². The number of rotatable bonds is 9. The Balaban J connectivity index is 1.95. The molecule has 114 valence electrons. The number of methoxy groups -OCH3 is 1. The lowest BCUT2D eigenvalue weighted by molar-refractivity contribution is 0.412. The smallest absolute Gasteiger partial charge is 0.119 e. The van der Waals surface area contributed by atoms with E-state index in [1.807, 2.05) is 17.4 Å². The van der Waals surface area contributed by atoms with Crippen LogP contribution in [-0.4, -0.2) is 13.7 Å². The summed E-state index contributed by atoms with van der Waals surface area (Å²) < 4.78 is 5.35. The van der Waals surface area contributed by atoms with Crippen LogP contribution in [0.4, 0.5) is 0 Å². The normalized spacial score (nSPS) is 12.3. The third-order valence-corrected chi connectivity index (χ3v) is 4.57. The molecule has 0 saturated heterocycles. The predicted octanol–water partition coefficient (Wildman–Crippen LogP) is 4.82. The SMILES string of the molecule is CCCNC(CCCc1cccs1)c1cccc(OC)c1. The molecule has 2 aromatic rings. The van der Waals surface area contributed by atoms with Crippen molar-refractivity contribution in [1.29, 1.82) is 0 Å². The van der Waals surface area contributed by atoms with Crippen LogP contribution < -0.4 is 10.1 Å². The number of hydrogen-bond donors (Lipinski definition) is 1. The van der Waals surface area contributed by atoms with Crippen LogP contribution in [0.1, 0.15) is 42.7 Å². The summed E-state index contributed by atoms with van der Waals surface area (Å²) in [6.45, 7) is 3.27. The fourth-order valence-electron chi connectivity index (χ4n) is 2.50. The van der Waals surface area contributed by atoms with E-state index < -0.39 is 0 Å². The molecule has 2 nitrogen and oxygen atoms in total. The van der Waals surface area contributed by atoms with Gasteiger partial charge in [0.1, 0.15) is 5.75 Å². The Morgan fingerprint density at radius 1 is 1.24 bits per heavy atom. The summed E-state index contributed by atoms with van der Waals surface area (Å²) >= 11 is 1.85. The van der Waals surface area contributed by atoms with Gasteiger partial charge in [0.2, 0.25) is 0 Å². The number of aryl methyl sites for hydroxylation is 1. The molecular formula is C18H25NOS. The molecule has 1 heterocycles. The van der Waals surface area contributed by atoms with Gasteiger partial charge in [0.15, 0.2) is 0 Å². The molecule has 3 heteroatoms. The molecule has 1 N–H and O–H groups in total. The van der Waals surface area contributed by atoms with Crippen molar-refractivity contribution in [1.82, 2.24) is 5.32 Å². The maximum atomic E-state index is 5.35. The molecule has 0 aliphatic carbocycles. The van der Waals surface area contributed by atoms with E-state index in [-0.39, 0.29) is 0 Å². The highest BCUT2D eigenvalue weighted by Crippen LogP contribution is 2.24. The Bertz CT molecular complexity index is 510. The quantitative estimate of drug-likeness (QED) is 0.717. The minimum Gasteiger partial charge on any atom is -0.497 e. The monoisotopic (exact) mass is 303 g/mol. The molecule has 21 heavy (non-hydrogen) atoms. The fraction of sp³-hybridized carbons (Fsp3) is 0.444. The van der Waals surface area contributed by atoms with Gasteiger partial charge in [-0.2, -0.15) is 0 Å². The third-order valence-electron chi connectivity index (χ3n) is 3.63. The minimum absolute atomic E-state index is 0.417. The van der Waals surface area contributed by atoms with Crippen molar-refractivity contribution >= 4 is 11.3 Å². The lowest BCUT2D eigenvalue weighted by Gasteiger charge is -2.19. The van der Waals surface area contributed by atoms with E-state index in [4.69, 9.17) is 4.74 Å². The first-order valence-electron chi connectivity index (χ1n) is 7.73. The molecule has 0 spiro atoms. The first-order valence-corrected chi connectivity index (χ1v) is 8.61. The van der Waals surface area contributed by atoms with E-state index in [9.17, 15) is 0 Å². The largest absolute Gasteiger partial charge is 0.497 e. The second kappa shape index (κ2) is 8.85. The molecule has 1 aromatic heterocycles. The summed E-state index contributed by atoms with van der Waals surface area (Å²) in [5.74, 6) is 0.939. The maximum Gasteiger partial charge on any atom is 0.119 e. The van der Waals surface area contributed by atoms with Crippen molar-refractivity contribution in [2.24, 2.45) is 0 Å². The van der Waals surface area contributed by atoms with Crippen LogP contribution in [0, 0.1) is 0 Å². The molecule has 1 unspecified atom stereocenters. The zero-order valence-electron chi connectivity index (χ0n) is 13.0. The van der Waals surface area contributed by atoms with Crippen LogP contribution >= 0.6 is 11.3 Å². The molecule has 0 saturated carbocycles. The Morgan fingerprint density at radius 2 is 2.14 bits per heavy atom. The Morgan fingerprint density at radius 3 is 2.86 bits per heavy atom. The first-order chi connectivity index (χ1) is 10.3. The highest BCUT2D eigenvalue weighted by atomic mass is 32.1. The standard InChI is InChI=1S/C18H25NOS/c1-3-12-19-18(11-5-9-17-10-6-13-21-17)15-7-4-8-16(14-15)20-2/h4,6-8,10,13-14,18-19H,3,5,9,11-12H2,1-2H3. The number of ether oxygens (including phenoxy) is 1. The highest BCUT2D eigenvalue weighted by molar-refractivity contribution is 7.09. The average Bonchev–Trinajstić information content (AvgIpc) is 3.04. The zero-order valence-corrected chi connectivity index (χ0v) is 13.8. The highest BCUT2D eigenvalue weighted by Gasteiger charge is 2.11. The molecule has 1 atom stereocenters. The second-order valence-corrected chi connectivity index (χ2v) is 6.29. The average molecular weight is 303 g/mol. The van der Waals surface area contributed by atoms with Crippen molar-refractivity contribution in [2.45, 2.75) is 38.6 Å². The van der Waals surface area contributed by atoms with Crippen molar-refractivity contribution in [2.75, 3.05) is 13.7 Å². The Hall–Kier alpha value is -1.32. The van der Waals surface area contributed by atoms with Crippen LogP contribution in [0.3, 0.4) is 0 Å². The summed E-state index contributed by atoms with van der Waals surface area (Å²) in [5, 5.41) is 5.82. The number of benzene rings is 1. The Kier molecular flexibility index (Phi) is 6.77. The van der Waals surface area contributed by atoms with Crippen LogP contribution in [0.15, 0.2) is 41.8 Å². The van der Waals surface area contributed by atoms with E-state index in [2.05, 4.69) is 48.0 Å². The van der Waals surface area contributed by atoms with Gasteiger partial charge in [-0.25, -0.2) is 0 Å². The topological polar surface area (TPSA) is 21.3 Å². The summed E-state index contributed by atoms with van der Waals surface area (Å²) in [5.41, 5.74) is 1.33. The summed E-state index contributed by atoms with van der Waals surface area (Å²) in [7, 11) is 1.73. The lowest BCUT2D eigenvalue weighted by atomic mass is 10.00. The summed E-state index contributed by atoms with van der Waals surface area (Å²) in [6, 6.07) is 13.2. The van der Waals surface area contributed by atoms with Crippen LogP contribution in [-0.2, 0) is 6.42 Å². The van der Waals surface area contributed by atoms with Gasteiger partial charge in [0.05, 0.1) is 7.11 Å². The predicted molar refractivity (Wildman–Crippen MR) is 91.3 cm³/mol. The number of thiophene rings is 1. The van der Waals surface area contributed by atoms with Crippen LogP contribution in [0.5, 0.6) is 5.75 Å². The number of hydrogen-bond acceptors (Lipinski definition) is 3. The van der Waals surface area contributed by atoms with Crippen molar-refractivity contribution in [3.63, 3.8) is 0 Å². The molecular weight excluding hydrogens is 278 g/mol. The second-order valence-electron chi connectivity index (χ2n) is 5.25. The van der Waals surface area contributed by atoms with Gasteiger partial charge in [0, 0.05) is 10.9 Å². The third kappa shape index (κ3) is 5.18. The van der Waals surface area contributed by atoms with Gasteiger partial charge in [-0.3, -0.25) is 0 Å². The summed E-state index contributed by atoms with van der Waals surface area (Å²) in [4.78, 5) is 1.48. The van der Waals surface area contributed by atoms with E-state index in [1.165, 1.54) is 23.3 Å². The van der Waals surface area contributed by atoms with E-state index >= 15 is 0 Å². The zero-order chi connectivity index (χ0) is 14.9. The molecule has 0 amide bonds. The minimum atomic E-state index is 0.417. The molecule has 1 aromatic carbocycles. The van der Waals surface area contributed by atoms with E-state index in [0.717, 1.165) is 25.1 Å². The molecule has 0 fully saturated rings. The van der Waals surface area contributed by atoms with Crippen LogP contribution in [0.2, 0.25) is 0 Å². The fourth-order valence-corrected chi connectivity index (χ4v) is 3.25. The Labute approximate surface area is 132 Å². The molecule has 0 bridgehead atoms. The lowest BCUT2D eigenvalue weighted by Crippen LogP contribution is -2.22. The van der Waals surface area contributed by atoms with Gasteiger partial charge < -0.3 is 10.1 Å².